The largest absolute Gasteiger partial charge is 0.462 e. The Kier molecular flexibility index (Phi) is 9.25. The molecule has 2 bridgehead atoms. The van der Waals surface area contributed by atoms with Crippen molar-refractivity contribution in [1.82, 2.24) is 0 Å². The van der Waals surface area contributed by atoms with Gasteiger partial charge in [0.05, 0.1) is 18.8 Å². The lowest BCUT2D eigenvalue weighted by Crippen LogP contribution is -2.58. The topological polar surface area (TPSA) is 120 Å². The molecule has 4 heterocycles. The van der Waals surface area contributed by atoms with Crippen LogP contribution in [0.4, 0.5) is 0 Å². The van der Waals surface area contributed by atoms with Crippen LogP contribution in [0.25, 0.3) is 0 Å². The van der Waals surface area contributed by atoms with Gasteiger partial charge in [0.2, 0.25) is 0 Å². The molecule has 0 amide bonds. The van der Waals surface area contributed by atoms with Gasteiger partial charge in [0.15, 0.2) is 5.79 Å². The monoisotopic (exact) mass is 585 g/mol. The second-order valence-corrected chi connectivity index (χ2v) is 13.7. The summed E-state index contributed by atoms with van der Waals surface area (Å²) in [6, 6.07) is -0.189. The Morgan fingerprint density at radius 3 is 2.67 bits per heavy atom. The Hall–Kier alpha value is -1.81. The first-order chi connectivity index (χ1) is 19.9. The highest BCUT2D eigenvalue weighted by Gasteiger charge is 2.60. The quantitative estimate of drug-likeness (QED) is 0.320. The minimum Gasteiger partial charge on any atom is -0.462 e. The van der Waals surface area contributed by atoms with Crippen molar-refractivity contribution >= 4 is 5.97 Å². The fraction of sp³-hybridized carbons (Fsp3) is 0.735. The zero-order valence-corrected chi connectivity index (χ0v) is 26.1. The zero-order valence-electron chi connectivity index (χ0n) is 26.1. The summed E-state index contributed by atoms with van der Waals surface area (Å²) >= 11 is 0. The van der Waals surface area contributed by atoms with Gasteiger partial charge >= 0.3 is 5.97 Å². The Bertz CT molecular complexity index is 1140. The van der Waals surface area contributed by atoms with Gasteiger partial charge in [-0.3, -0.25) is 4.79 Å². The second kappa shape index (κ2) is 12.3. The minimum absolute atomic E-state index is 0.0319. The van der Waals surface area contributed by atoms with E-state index in [4.69, 9.17) is 24.7 Å². The van der Waals surface area contributed by atoms with Gasteiger partial charge in [-0.2, -0.15) is 0 Å². The van der Waals surface area contributed by atoms with E-state index in [1.165, 1.54) is 0 Å². The number of hydrogen-bond donors (Lipinski definition) is 3. The average molecular weight is 586 g/mol. The van der Waals surface area contributed by atoms with E-state index in [1.54, 1.807) is 19.1 Å². The van der Waals surface area contributed by atoms with Gasteiger partial charge in [-0.15, -0.1) is 0 Å². The summed E-state index contributed by atoms with van der Waals surface area (Å²) in [7, 11) is 0. The summed E-state index contributed by atoms with van der Waals surface area (Å²) in [5, 5.41) is 23.0. The lowest BCUT2D eigenvalue weighted by atomic mass is 9.71. The standard InChI is InChI=1S/C34H51NO7/c1-7-19(2)30-22(5)13-14-33(42-30)17-26-16-25(41-33)12-11-21(4)28(35)20(3)9-8-10-24-18-39-31-29(36)23(6)15-27(32(37)40-26)34(24,31)38/h8-11,15,19-20,22,25-31,36,38H,7,12-14,16-18,35H2,1-6H3/b9-8+,21-11+,24-10+/t19-,20-,22-,25+,26-,27-,28-,29+,30+,31+,33+,34+/m0/s1. The maximum absolute atomic E-state index is 14.0. The summed E-state index contributed by atoms with van der Waals surface area (Å²) in [5.41, 5.74) is 7.11. The maximum Gasteiger partial charge on any atom is 0.316 e. The molecule has 8 nitrogen and oxygen atoms in total. The first kappa shape index (κ1) is 31.6. The smallest absolute Gasteiger partial charge is 0.316 e. The first-order valence-corrected chi connectivity index (χ1v) is 15.9. The molecule has 0 radical (unpaired) electrons. The van der Waals surface area contributed by atoms with Crippen molar-refractivity contribution in [2.75, 3.05) is 6.61 Å². The van der Waals surface area contributed by atoms with E-state index in [-0.39, 0.29) is 30.8 Å². The van der Waals surface area contributed by atoms with Crippen molar-refractivity contribution in [3.05, 3.63) is 47.1 Å². The van der Waals surface area contributed by atoms with Gasteiger partial charge in [0.25, 0.3) is 0 Å². The van der Waals surface area contributed by atoms with Crippen LogP contribution in [0.2, 0.25) is 0 Å². The molecule has 42 heavy (non-hydrogen) atoms. The fourth-order valence-corrected chi connectivity index (χ4v) is 7.58. The van der Waals surface area contributed by atoms with Crippen LogP contribution in [0.1, 0.15) is 80.1 Å². The van der Waals surface area contributed by atoms with E-state index in [0.717, 1.165) is 24.8 Å². The van der Waals surface area contributed by atoms with E-state index in [2.05, 4.69) is 33.8 Å². The first-order valence-electron chi connectivity index (χ1n) is 15.9. The molecule has 0 saturated carbocycles. The Morgan fingerprint density at radius 1 is 1.17 bits per heavy atom. The number of carbonyl (C=O) groups is 1. The maximum atomic E-state index is 14.0. The van der Waals surface area contributed by atoms with Crippen LogP contribution in [0.15, 0.2) is 47.1 Å². The molecule has 5 aliphatic rings. The third-order valence-corrected chi connectivity index (χ3v) is 10.6. The van der Waals surface area contributed by atoms with E-state index in [0.29, 0.717) is 42.2 Å². The number of hydrogen-bond acceptors (Lipinski definition) is 8. The molecule has 3 saturated heterocycles. The highest BCUT2D eigenvalue weighted by molar-refractivity contribution is 5.78. The molecule has 0 aromatic rings. The Morgan fingerprint density at radius 2 is 1.93 bits per heavy atom. The molecule has 4 aliphatic heterocycles. The van der Waals surface area contributed by atoms with Gasteiger partial charge in [-0.25, -0.2) is 0 Å². The Balaban J connectivity index is 1.53. The molecular formula is C34H51NO7. The Labute approximate surface area is 251 Å². The molecule has 8 heteroatoms. The summed E-state index contributed by atoms with van der Waals surface area (Å²) in [6.45, 7) is 12.6. The lowest BCUT2D eigenvalue weighted by molar-refractivity contribution is -0.340. The lowest BCUT2D eigenvalue weighted by Gasteiger charge is -2.51. The molecule has 234 valence electrons. The number of aliphatic hydroxyl groups excluding tert-OH is 1. The highest BCUT2D eigenvalue weighted by Crippen LogP contribution is 2.47. The summed E-state index contributed by atoms with van der Waals surface area (Å²) in [6.07, 6.45) is 11.2. The van der Waals surface area contributed by atoms with Crippen LogP contribution in [-0.2, 0) is 23.7 Å². The molecule has 1 spiro atoms. The number of ether oxygens (including phenoxy) is 4. The van der Waals surface area contributed by atoms with Crippen LogP contribution < -0.4 is 5.73 Å². The van der Waals surface area contributed by atoms with E-state index < -0.39 is 41.6 Å². The van der Waals surface area contributed by atoms with Crippen LogP contribution in [-0.4, -0.2) is 70.7 Å². The van der Waals surface area contributed by atoms with Gasteiger partial charge in [0.1, 0.15) is 29.8 Å². The van der Waals surface area contributed by atoms with Crippen LogP contribution in [0, 0.1) is 23.7 Å². The van der Waals surface area contributed by atoms with Gasteiger partial charge < -0.3 is 34.9 Å². The molecule has 12 atom stereocenters. The zero-order chi connectivity index (χ0) is 30.4. The van der Waals surface area contributed by atoms with Crippen LogP contribution >= 0.6 is 0 Å². The molecule has 1 aliphatic carbocycles. The summed E-state index contributed by atoms with van der Waals surface area (Å²) in [4.78, 5) is 14.0. The van der Waals surface area contributed by atoms with Crippen molar-refractivity contribution in [3.63, 3.8) is 0 Å². The predicted octanol–water partition coefficient (Wildman–Crippen LogP) is 4.50. The number of allylic oxidation sites excluding steroid dienone is 2. The van der Waals surface area contributed by atoms with Gasteiger partial charge in [-0.1, -0.05) is 70.1 Å². The third kappa shape index (κ3) is 5.83. The van der Waals surface area contributed by atoms with Crippen molar-refractivity contribution < 1.29 is 34.0 Å². The molecular weight excluding hydrogens is 534 g/mol. The molecule has 5 rings (SSSR count). The number of fused-ring (bicyclic) bond motifs is 2. The molecule has 0 aromatic heterocycles. The average Bonchev–Trinajstić information content (AvgIpc) is 3.30. The minimum atomic E-state index is -1.72. The van der Waals surface area contributed by atoms with Crippen molar-refractivity contribution in [1.29, 1.82) is 0 Å². The molecule has 0 unspecified atom stereocenters. The number of aliphatic hydroxyl groups is 2. The van der Waals surface area contributed by atoms with Crippen molar-refractivity contribution in [3.8, 4) is 0 Å². The highest BCUT2D eigenvalue weighted by atomic mass is 16.7. The number of nitrogens with two attached hydrogens (primary N) is 1. The third-order valence-electron chi connectivity index (χ3n) is 10.6. The summed E-state index contributed by atoms with van der Waals surface area (Å²) in [5.74, 6) is -1.55. The van der Waals surface area contributed by atoms with E-state index >= 15 is 0 Å². The van der Waals surface area contributed by atoms with Gasteiger partial charge in [-0.05, 0) is 55.6 Å². The number of carbonyl (C=O) groups excluding carboxylic acids is 1. The van der Waals surface area contributed by atoms with E-state index in [1.807, 2.05) is 19.1 Å². The van der Waals surface area contributed by atoms with Gasteiger partial charge in [0, 0.05) is 25.3 Å². The van der Waals surface area contributed by atoms with E-state index in [9.17, 15) is 15.0 Å². The SMILES string of the molecule is CC[C@H](C)[C@H]1O[C@]2(CC[C@@H]1C)C[C@@H]1C[C@@H](C/C=C(\C)[C@@H](N)[C@@H](C)/C=C/C=C3\CO[C@@H]4[C@H](O)C(C)=C[C@@H](C(=O)O1)[C@]34O)O2. The molecule has 4 N–H and O–H groups in total. The number of esters is 1. The summed E-state index contributed by atoms with van der Waals surface area (Å²) < 4.78 is 25.8. The predicted molar refractivity (Wildman–Crippen MR) is 160 cm³/mol. The molecule has 3 fully saturated rings. The second-order valence-electron chi connectivity index (χ2n) is 13.7. The van der Waals surface area contributed by atoms with Crippen molar-refractivity contribution in [2.24, 2.45) is 29.4 Å². The molecule has 0 aromatic carbocycles. The van der Waals surface area contributed by atoms with Crippen LogP contribution in [0.3, 0.4) is 0 Å². The van der Waals surface area contributed by atoms with Crippen LogP contribution in [0.5, 0.6) is 0 Å². The fourth-order valence-electron chi connectivity index (χ4n) is 7.58. The normalized spacial score (nSPS) is 48.6. The van der Waals surface area contributed by atoms with Crippen molar-refractivity contribution in [2.45, 2.75) is 128 Å². The number of rotatable bonds is 2.